The van der Waals surface area contributed by atoms with Crippen molar-refractivity contribution in [2.75, 3.05) is 31.0 Å². The summed E-state index contributed by atoms with van der Waals surface area (Å²) < 4.78 is 23.8. The van der Waals surface area contributed by atoms with Crippen LogP contribution in [-0.4, -0.2) is 38.5 Å². The Hall–Kier alpha value is -4.37. The minimum atomic E-state index is -0.716. The summed E-state index contributed by atoms with van der Waals surface area (Å²) in [6.07, 6.45) is 0.596. The zero-order chi connectivity index (χ0) is 26.5. The van der Waals surface area contributed by atoms with Gasteiger partial charge in [0.05, 0.1) is 19.9 Å². The van der Waals surface area contributed by atoms with Crippen molar-refractivity contribution in [1.29, 1.82) is 0 Å². The molecule has 0 radical (unpaired) electrons. The normalized spacial score (nSPS) is 13.1. The van der Waals surface area contributed by atoms with Gasteiger partial charge in [-0.15, -0.1) is 0 Å². The predicted molar refractivity (Wildman–Crippen MR) is 137 cm³/mol. The van der Waals surface area contributed by atoms with Gasteiger partial charge in [0.25, 0.3) is 17.7 Å². The third-order valence-electron chi connectivity index (χ3n) is 5.68. The Morgan fingerprint density at radius 1 is 0.919 bits per heavy atom. The molecule has 37 heavy (non-hydrogen) atoms. The first-order valence-corrected chi connectivity index (χ1v) is 11.6. The maximum Gasteiger partial charge on any atom is 0.283 e. The van der Waals surface area contributed by atoms with Crippen LogP contribution in [0.25, 0.3) is 0 Å². The zero-order valence-corrected chi connectivity index (χ0v) is 20.8. The Balaban J connectivity index is 1.35. The first kappa shape index (κ1) is 25.7. The van der Waals surface area contributed by atoms with E-state index in [4.69, 9.17) is 21.1 Å². The highest BCUT2D eigenvalue weighted by Gasteiger charge is 2.38. The van der Waals surface area contributed by atoms with Crippen molar-refractivity contribution in [3.63, 3.8) is 0 Å². The molecule has 0 saturated heterocycles. The molecule has 0 aromatic heterocycles. The fourth-order valence-corrected chi connectivity index (χ4v) is 3.96. The minimum absolute atomic E-state index is 0.108. The highest BCUT2D eigenvalue weighted by Crippen LogP contribution is 2.30. The van der Waals surface area contributed by atoms with Crippen LogP contribution in [0.15, 0.2) is 77.5 Å². The largest absolute Gasteiger partial charge is 0.493 e. The van der Waals surface area contributed by atoms with Gasteiger partial charge in [0.2, 0.25) is 0 Å². The topological polar surface area (TPSA) is 97.0 Å². The molecule has 4 rings (SSSR count). The van der Waals surface area contributed by atoms with Gasteiger partial charge in [-0.25, -0.2) is 9.29 Å². The fourth-order valence-electron chi connectivity index (χ4n) is 3.74. The molecule has 190 valence electrons. The van der Waals surface area contributed by atoms with Gasteiger partial charge in [-0.05, 0) is 72.6 Å². The molecule has 3 aromatic rings. The molecule has 0 fully saturated rings. The second-order valence-electron chi connectivity index (χ2n) is 8.01. The summed E-state index contributed by atoms with van der Waals surface area (Å²) in [6.45, 7) is 0.409. The highest BCUT2D eigenvalue weighted by atomic mass is 35.5. The maximum atomic E-state index is 13.2. The van der Waals surface area contributed by atoms with Gasteiger partial charge >= 0.3 is 0 Å². The molecule has 0 unspecified atom stereocenters. The minimum Gasteiger partial charge on any atom is -0.493 e. The molecule has 3 amide bonds. The summed E-state index contributed by atoms with van der Waals surface area (Å²) >= 11 is 6.13. The summed E-state index contributed by atoms with van der Waals surface area (Å²) in [5.74, 6) is -0.894. The number of halogens is 2. The third-order valence-corrected chi connectivity index (χ3v) is 6.03. The van der Waals surface area contributed by atoms with E-state index in [0.29, 0.717) is 35.7 Å². The average Bonchev–Trinajstić information content (AvgIpc) is 3.12. The smallest absolute Gasteiger partial charge is 0.283 e. The maximum absolute atomic E-state index is 13.2. The fraction of sp³-hybridized carbons (Fsp3) is 0.148. The summed E-state index contributed by atoms with van der Waals surface area (Å²) in [6, 6.07) is 16.9. The Kier molecular flexibility index (Phi) is 7.74. The van der Waals surface area contributed by atoms with Crippen LogP contribution in [0.4, 0.5) is 15.8 Å². The van der Waals surface area contributed by atoms with Gasteiger partial charge in [-0.1, -0.05) is 17.7 Å². The van der Waals surface area contributed by atoms with Gasteiger partial charge in [-0.2, -0.15) is 0 Å². The van der Waals surface area contributed by atoms with Crippen molar-refractivity contribution in [3.8, 4) is 11.5 Å². The lowest BCUT2D eigenvalue weighted by Gasteiger charge is -2.15. The SMILES string of the molecule is COc1ccc(CCNC(=O)c2ccc(NC3=C(Cl)C(=O)N(c4ccc(F)cc4)C3=O)cc2)cc1OC. The number of rotatable bonds is 9. The average molecular weight is 524 g/mol. The van der Waals surface area contributed by atoms with E-state index in [0.717, 1.165) is 22.6 Å². The van der Waals surface area contributed by atoms with Crippen LogP contribution in [0.2, 0.25) is 0 Å². The first-order valence-electron chi connectivity index (χ1n) is 11.2. The second-order valence-corrected chi connectivity index (χ2v) is 8.39. The molecular formula is C27H23ClFN3O5. The van der Waals surface area contributed by atoms with E-state index < -0.39 is 17.6 Å². The number of carbonyl (C=O) groups excluding carboxylic acids is 3. The van der Waals surface area contributed by atoms with E-state index in [9.17, 15) is 18.8 Å². The lowest BCUT2D eigenvalue weighted by molar-refractivity contribution is -0.120. The van der Waals surface area contributed by atoms with Crippen molar-refractivity contribution in [2.45, 2.75) is 6.42 Å². The van der Waals surface area contributed by atoms with E-state index in [1.807, 2.05) is 18.2 Å². The summed E-state index contributed by atoms with van der Waals surface area (Å²) in [7, 11) is 3.13. The molecule has 0 bridgehead atoms. The van der Waals surface area contributed by atoms with Gasteiger partial charge in [0, 0.05) is 17.8 Å². The second kappa shape index (κ2) is 11.1. The number of amides is 3. The molecular weight excluding hydrogens is 501 g/mol. The quantitative estimate of drug-likeness (QED) is 0.407. The van der Waals surface area contributed by atoms with Crippen LogP contribution in [0.5, 0.6) is 11.5 Å². The van der Waals surface area contributed by atoms with E-state index in [2.05, 4.69) is 10.6 Å². The number of nitrogens with one attached hydrogen (secondary N) is 2. The van der Waals surface area contributed by atoms with Gasteiger partial charge in [0.15, 0.2) is 11.5 Å². The monoisotopic (exact) mass is 523 g/mol. The van der Waals surface area contributed by atoms with Crippen molar-refractivity contribution in [3.05, 3.63) is 94.4 Å². The van der Waals surface area contributed by atoms with Gasteiger partial charge in [0.1, 0.15) is 16.5 Å². The van der Waals surface area contributed by atoms with Crippen LogP contribution in [0.3, 0.4) is 0 Å². The van der Waals surface area contributed by atoms with Crippen LogP contribution in [0.1, 0.15) is 15.9 Å². The Morgan fingerprint density at radius 2 is 1.59 bits per heavy atom. The van der Waals surface area contributed by atoms with Crippen molar-refractivity contribution >= 4 is 40.7 Å². The molecule has 10 heteroatoms. The number of benzene rings is 3. The number of ether oxygens (including phenoxy) is 2. The lowest BCUT2D eigenvalue weighted by Crippen LogP contribution is -2.32. The van der Waals surface area contributed by atoms with Crippen LogP contribution in [-0.2, 0) is 16.0 Å². The molecule has 0 aliphatic carbocycles. The highest BCUT2D eigenvalue weighted by molar-refractivity contribution is 6.53. The first-order chi connectivity index (χ1) is 17.8. The van der Waals surface area contributed by atoms with Crippen molar-refractivity contribution in [1.82, 2.24) is 5.32 Å². The zero-order valence-electron chi connectivity index (χ0n) is 20.0. The molecule has 1 aliphatic rings. The van der Waals surface area contributed by atoms with Crippen molar-refractivity contribution in [2.24, 2.45) is 0 Å². The summed E-state index contributed by atoms with van der Waals surface area (Å²) in [5.41, 5.74) is 1.94. The Morgan fingerprint density at radius 3 is 2.24 bits per heavy atom. The van der Waals surface area contributed by atoms with Crippen LogP contribution < -0.4 is 25.0 Å². The van der Waals surface area contributed by atoms with E-state index in [-0.39, 0.29) is 22.3 Å². The number of hydrogen-bond acceptors (Lipinski definition) is 6. The van der Waals surface area contributed by atoms with Crippen LogP contribution in [0, 0.1) is 5.82 Å². The standard InChI is InChI=1S/C27H23ClFN3O5/c1-36-21-12-3-16(15-22(21)37-2)13-14-30-25(33)17-4-8-19(9-5-17)31-24-23(28)26(34)32(27(24)35)20-10-6-18(29)7-11-20/h3-12,15,31H,13-14H2,1-2H3,(H,30,33). The molecule has 3 aromatic carbocycles. The van der Waals surface area contributed by atoms with Gasteiger partial charge in [-0.3, -0.25) is 14.4 Å². The Bertz CT molecular complexity index is 1370. The number of hydrogen-bond donors (Lipinski definition) is 2. The molecule has 2 N–H and O–H groups in total. The third kappa shape index (κ3) is 5.57. The number of methoxy groups -OCH3 is 2. The van der Waals surface area contributed by atoms with E-state index in [1.165, 1.54) is 12.1 Å². The molecule has 1 heterocycles. The number of anilines is 2. The summed E-state index contributed by atoms with van der Waals surface area (Å²) in [5, 5.41) is 5.41. The molecule has 1 aliphatic heterocycles. The molecule has 0 atom stereocenters. The van der Waals surface area contributed by atoms with E-state index in [1.54, 1.807) is 38.5 Å². The molecule has 0 saturated carbocycles. The molecule has 0 spiro atoms. The van der Waals surface area contributed by atoms with Crippen molar-refractivity contribution < 1.29 is 28.2 Å². The van der Waals surface area contributed by atoms with E-state index >= 15 is 0 Å². The molecule has 8 nitrogen and oxygen atoms in total. The summed E-state index contributed by atoms with van der Waals surface area (Å²) in [4.78, 5) is 38.8. The number of nitrogens with zero attached hydrogens (tertiary/aromatic N) is 1. The number of carbonyl (C=O) groups is 3. The van der Waals surface area contributed by atoms with Gasteiger partial charge < -0.3 is 20.1 Å². The number of imide groups is 1. The predicted octanol–water partition coefficient (Wildman–Crippen LogP) is 4.25. The Labute approximate surface area is 217 Å². The van der Waals surface area contributed by atoms with Crippen LogP contribution >= 0.6 is 11.6 Å². The lowest BCUT2D eigenvalue weighted by atomic mass is 10.1.